The monoisotopic (exact) mass is 455 g/mol. The molecule has 2 N–H and O–H groups in total. The second-order valence-electron chi connectivity index (χ2n) is 7.47. The summed E-state index contributed by atoms with van der Waals surface area (Å²) in [6.07, 6.45) is -2.00. The molecule has 0 aliphatic heterocycles. The standard InChI is InChI=1S/C24H20F3N3O3/c1-15-11-16(7-8-19(15)23(31)32)21-13-29-22-20(28-10-9-24(25,26)27)12-18(14-30(21)22)33-17-5-3-2-4-6-17/h2-8,11-14,28H,9-10H2,1H3,(H,31,32). The van der Waals surface area contributed by atoms with E-state index in [1.807, 2.05) is 18.2 Å². The minimum Gasteiger partial charge on any atom is -0.478 e. The maximum absolute atomic E-state index is 12.7. The van der Waals surface area contributed by atoms with Gasteiger partial charge in [-0.3, -0.25) is 4.40 Å². The minimum atomic E-state index is -4.29. The molecule has 33 heavy (non-hydrogen) atoms. The number of halogens is 3. The number of hydrogen-bond acceptors (Lipinski definition) is 4. The van der Waals surface area contributed by atoms with Gasteiger partial charge in [0.15, 0.2) is 5.65 Å². The molecule has 0 atom stereocenters. The van der Waals surface area contributed by atoms with Crippen molar-refractivity contribution in [3.63, 3.8) is 0 Å². The largest absolute Gasteiger partial charge is 0.478 e. The summed E-state index contributed by atoms with van der Waals surface area (Å²) in [6.45, 7) is 1.38. The average Bonchev–Trinajstić information content (AvgIpc) is 3.17. The van der Waals surface area contributed by atoms with Gasteiger partial charge in [-0.2, -0.15) is 13.2 Å². The van der Waals surface area contributed by atoms with E-state index in [1.165, 1.54) is 6.07 Å². The van der Waals surface area contributed by atoms with Gasteiger partial charge in [-0.15, -0.1) is 0 Å². The van der Waals surface area contributed by atoms with Crippen LogP contribution in [0.25, 0.3) is 16.9 Å². The fourth-order valence-corrected chi connectivity index (χ4v) is 3.49. The lowest BCUT2D eigenvalue weighted by molar-refractivity contribution is -0.131. The summed E-state index contributed by atoms with van der Waals surface area (Å²) in [4.78, 5) is 15.7. The number of nitrogens with one attached hydrogen (secondary N) is 1. The predicted molar refractivity (Wildman–Crippen MR) is 118 cm³/mol. The number of pyridine rings is 1. The second-order valence-corrected chi connectivity index (χ2v) is 7.47. The normalized spacial score (nSPS) is 11.5. The number of carboxylic acids is 1. The summed E-state index contributed by atoms with van der Waals surface area (Å²) in [5.74, 6) is -0.0466. The molecule has 6 nitrogen and oxygen atoms in total. The zero-order chi connectivity index (χ0) is 23.6. The van der Waals surface area contributed by atoms with Crippen molar-refractivity contribution >= 4 is 17.3 Å². The Hall–Kier alpha value is -4.01. The third-order valence-electron chi connectivity index (χ3n) is 5.04. The van der Waals surface area contributed by atoms with E-state index in [2.05, 4.69) is 10.3 Å². The summed E-state index contributed by atoms with van der Waals surface area (Å²) in [5.41, 5.74) is 2.93. The van der Waals surface area contributed by atoms with Crippen LogP contribution < -0.4 is 10.1 Å². The molecular formula is C24H20F3N3O3. The molecule has 0 unspecified atom stereocenters. The highest BCUT2D eigenvalue weighted by atomic mass is 19.4. The zero-order valence-electron chi connectivity index (χ0n) is 17.6. The number of imidazole rings is 1. The van der Waals surface area contributed by atoms with Crippen molar-refractivity contribution in [2.45, 2.75) is 19.5 Å². The third-order valence-corrected chi connectivity index (χ3v) is 5.04. The number of benzene rings is 2. The Kier molecular flexibility index (Phi) is 5.95. The van der Waals surface area contributed by atoms with Crippen LogP contribution in [0.2, 0.25) is 0 Å². The molecule has 0 aliphatic carbocycles. The highest BCUT2D eigenvalue weighted by Gasteiger charge is 2.26. The lowest BCUT2D eigenvalue weighted by Gasteiger charge is -2.14. The van der Waals surface area contributed by atoms with E-state index < -0.39 is 18.6 Å². The number of fused-ring (bicyclic) bond motifs is 1. The Balaban J connectivity index is 1.77. The van der Waals surface area contributed by atoms with E-state index in [1.54, 1.807) is 54.0 Å². The molecule has 0 aliphatic rings. The van der Waals surface area contributed by atoms with Gasteiger partial charge in [-0.1, -0.05) is 24.3 Å². The molecule has 2 aromatic carbocycles. The van der Waals surface area contributed by atoms with Crippen molar-refractivity contribution in [1.29, 1.82) is 0 Å². The molecule has 2 aromatic heterocycles. The maximum Gasteiger partial charge on any atom is 0.390 e. The van der Waals surface area contributed by atoms with Crippen molar-refractivity contribution in [2.24, 2.45) is 0 Å². The van der Waals surface area contributed by atoms with Crippen LogP contribution in [0.1, 0.15) is 22.3 Å². The van der Waals surface area contributed by atoms with E-state index in [0.717, 1.165) is 0 Å². The molecular weight excluding hydrogens is 435 g/mol. The average molecular weight is 455 g/mol. The fourth-order valence-electron chi connectivity index (χ4n) is 3.49. The Morgan fingerprint density at radius 3 is 2.55 bits per heavy atom. The van der Waals surface area contributed by atoms with Crippen LogP contribution in [0.15, 0.2) is 67.0 Å². The molecule has 170 valence electrons. The van der Waals surface area contributed by atoms with E-state index in [9.17, 15) is 23.1 Å². The van der Waals surface area contributed by atoms with Crippen LogP contribution in [0.5, 0.6) is 11.5 Å². The second kappa shape index (κ2) is 8.85. The third kappa shape index (κ3) is 5.08. The number of para-hydroxylation sites is 1. The quantitative estimate of drug-likeness (QED) is 0.349. The first-order valence-corrected chi connectivity index (χ1v) is 10.1. The van der Waals surface area contributed by atoms with Crippen molar-refractivity contribution in [3.05, 3.63) is 78.1 Å². The van der Waals surface area contributed by atoms with E-state index in [0.29, 0.717) is 39.7 Å². The van der Waals surface area contributed by atoms with Crippen LogP contribution in [0.4, 0.5) is 18.9 Å². The van der Waals surface area contributed by atoms with Gasteiger partial charge in [0.05, 0.1) is 35.8 Å². The fraction of sp³-hybridized carbons (Fsp3) is 0.167. The van der Waals surface area contributed by atoms with E-state index in [4.69, 9.17) is 4.74 Å². The van der Waals surface area contributed by atoms with Gasteiger partial charge in [-0.05, 0) is 36.8 Å². The molecule has 0 saturated carbocycles. The summed E-state index contributed by atoms with van der Waals surface area (Å²) in [7, 11) is 0. The number of alkyl halides is 3. The van der Waals surface area contributed by atoms with E-state index in [-0.39, 0.29) is 12.1 Å². The lowest BCUT2D eigenvalue weighted by atomic mass is 10.0. The topological polar surface area (TPSA) is 75.9 Å². The zero-order valence-corrected chi connectivity index (χ0v) is 17.6. The van der Waals surface area contributed by atoms with Crippen molar-refractivity contribution in [1.82, 2.24) is 9.38 Å². The lowest BCUT2D eigenvalue weighted by Crippen LogP contribution is -2.15. The summed E-state index contributed by atoms with van der Waals surface area (Å²) < 4.78 is 45.6. The summed E-state index contributed by atoms with van der Waals surface area (Å²) in [6, 6.07) is 15.5. The first-order chi connectivity index (χ1) is 15.7. The van der Waals surface area contributed by atoms with Gasteiger partial charge >= 0.3 is 12.1 Å². The Morgan fingerprint density at radius 2 is 1.88 bits per heavy atom. The molecule has 0 amide bonds. The maximum atomic E-state index is 12.7. The van der Waals surface area contributed by atoms with E-state index >= 15 is 0 Å². The number of hydrogen-bond donors (Lipinski definition) is 2. The minimum absolute atomic E-state index is 0.190. The van der Waals surface area contributed by atoms with Crippen LogP contribution in [0, 0.1) is 6.92 Å². The van der Waals surface area contributed by atoms with Crippen LogP contribution in [-0.4, -0.2) is 33.2 Å². The number of carbonyl (C=O) groups is 1. The van der Waals surface area contributed by atoms with Crippen LogP contribution in [0.3, 0.4) is 0 Å². The van der Waals surface area contributed by atoms with Gasteiger partial charge in [0.2, 0.25) is 0 Å². The highest BCUT2D eigenvalue weighted by Crippen LogP contribution is 2.32. The molecule has 4 rings (SSSR count). The molecule has 9 heteroatoms. The molecule has 0 saturated heterocycles. The Morgan fingerprint density at radius 1 is 1.12 bits per heavy atom. The Labute approximate surface area is 187 Å². The van der Waals surface area contributed by atoms with Gasteiger partial charge in [0, 0.05) is 18.2 Å². The Bertz CT molecular complexity index is 1300. The number of carboxylic acid groups (broad SMARTS) is 1. The van der Waals surface area contributed by atoms with Gasteiger partial charge in [0.25, 0.3) is 0 Å². The molecule has 2 heterocycles. The highest BCUT2D eigenvalue weighted by molar-refractivity contribution is 5.90. The predicted octanol–water partition coefficient (Wildman–Crippen LogP) is 6.16. The van der Waals surface area contributed by atoms with Crippen LogP contribution in [-0.2, 0) is 0 Å². The summed E-state index contributed by atoms with van der Waals surface area (Å²) >= 11 is 0. The van der Waals surface area contributed by atoms with Gasteiger partial charge in [0.1, 0.15) is 11.5 Å². The molecule has 0 spiro atoms. The van der Waals surface area contributed by atoms with Crippen molar-refractivity contribution < 1.29 is 27.8 Å². The first kappa shape index (κ1) is 22.2. The smallest absolute Gasteiger partial charge is 0.390 e. The summed E-state index contributed by atoms with van der Waals surface area (Å²) in [5, 5.41) is 12.1. The van der Waals surface area contributed by atoms with Gasteiger partial charge < -0.3 is 15.2 Å². The number of ether oxygens (including phenoxy) is 1. The number of aromatic nitrogens is 2. The first-order valence-electron chi connectivity index (χ1n) is 10.1. The molecule has 0 radical (unpaired) electrons. The number of rotatable bonds is 7. The molecule has 4 aromatic rings. The molecule has 0 bridgehead atoms. The number of aromatic carboxylic acids is 1. The van der Waals surface area contributed by atoms with Crippen molar-refractivity contribution in [3.8, 4) is 22.8 Å². The number of nitrogens with zero attached hydrogens (tertiary/aromatic N) is 2. The SMILES string of the molecule is Cc1cc(-c2cnc3c(NCCC(F)(F)F)cc(Oc4ccccc4)cn23)ccc1C(=O)O. The van der Waals surface area contributed by atoms with Gasteiger partial charge in [-0.25, -0.2) is 9.78 Å². The number of anilines is 1. The van der Waals surface area contributed by atoms with Crippen LogP contribution >= 0.6 is 0 Å². The molecule has 0 fully saturated rings. The number of aryl methyl sites for hydroxylation is 1. The van der Waals surface area contributed by atoms with Crippen molar-refractivity contribution in [2.75, 3.05) is 11.9 Å².